The topological polar surface area (TPSA) is 58.6 Å². The van der Waals surface area contributed by atoms with Gasteiger partial charge in [-0.05, 0) is 60.4 Å². The first kappa shape index (κ1) is 27.8. The van der Waals surface area contributed by atoms with Gasteiger partial charge in [-0.25, -0.2) is 0 Å². The Balaban J connectivity index is 1.88. The molecule has 3 aromatic rings. The van der Waals surface area contributed by atoms with E-state index in [1.165, 1.54) is 0 Å². The second kappa shape index (κ2) is 14.0. The second-order valence-electron chi connectivity index (χ2n) is 8.70. The number of ether oxygens (including phenoxy) is 1. The number of benzene rings is 3. The maximum atomic E-state index is 13.6. The van der Waals surface area contributed by atoms with Crippen LogP contribution in [0, 0.1) is 6.92 Å². The van der Waals surface area contributed by atoms with Crippen LogP contribution >= 0.6 is 27.5 Å². The summed E-state index contributed by atoms with van der Waals surface area (Å²) >= 11 is 9.56. The van der Waals surface area contributed by atoms with E-state index in [9.17, 15) is 9.59 Å². The maximum absolute atomic E-state index is 13.6. The molecule has 0 aliphatic carbocycles. The van der Waals surface area contributed by atoms with E-state index in [4.69, 9.17) is 16.3 Å². The van der Waals surface area contributed by atoms with Crippen molar-refractivity contribution in [3.8, 4) is 5.75 Å². The van der Waals surface area contributed by atoms with Crippen molar-refractivity contribution in [3.63, 3.8) is 0 Å². The molecule has 0 aliphatic heterocycles. The van der Waals surface area contributed by atoms with Gasteiger partial charge in [-0.15, -0.1) is 0 Å². The molecule has 36 heavy (non-hydrogen) atoms. The van der Waals surface area contributed by atoms with E-state index < -0.39 is 6.04 Å². The molecule has 0 bridgehead atoms. The lowest BCUT2D eigenvalue weighted by molar-refractivity contribution is -0.142. The summed E-state index contributed by atoms with van der Waals surface area (Å²) in [4.78, 5) is 28.6. The summed E-state index contributed by atoms with van der Waals surface area (Å²) in [5, 5.41) is 3.64. The Morgan fingerprint density at radius 1 is 1.03 bits per heavy atom. The highest BCUT2D eigenvalue weighted by atomic mass is 79.9. The van der Waals surface area contributed by atoms with Crippen molar-refractivity contribution in [1.29, 1.82) is 0 Å². The number of carbonyl (C=O) groups excluding carboxylic acids is 2. The molecule has 7 heteroatoms. The van der Waals surface area contributed by atoms with Crippen molar-refractivity contribution >= 4 is 39.3 Å². The number of hydrogen-bond donors (Lipinski definition) is 1. The Hall–Kier alpha value is -2.83. The lowest BCUT2D eigenvalue weighted by Gasteiger charge is -2.31. The van der Waals surface area contributed by atoms with Gasteiger partial charge in [-0.2, -0.15) is 0 Å². The van der Waals surface area contributed by atoms with Gasteiger partial charge in [0.05, 0.1) is 0 Å². The largest absolute Gasteiger partial charge is 0.484 e. The summed E-state index contributed by atoms with van der Waals surface area (Å²) in [7, 11) is 0. The minimum atomic E-state index is -0.692. The van der Waals surface area contributed by atoms with Crippen molar-refractivity contribution in [2.24, 2.45) is 0 Å². The third-order valence-electron chi connectivity index (χ3n) is 5.86. The van der Waals surface area contributed by atoms with Crippen LogP contribution in [0.2, 0.25) is 5.02 Å². The average molecular weight is 572 g/mol. The normalized spacial score (nSPS) is 11.6. The number of amides is 2. The van der Waals surface area contributed by atoms with E-state index in [0.29, 0.717) is 23.7 Å². The third-order valence-corrected chi connectivity index (χ3v) is 7.00. The number of hydrogen-bond acceptors (Lipinski definition) is 3. The van der Waals surface area contributed by atoms with Crippen LogP contribution in [0.3, 0.4) is 0 Å². The summed E-state index contributed by atoms with van der Waals surface area (Å²) in [6, 6.07) is 21.9. The zero-order valence-electron chi connectivity index (χ0n) is 20.7. The van der Waals surface area contributed by atoms with Crippen LogP contribution in [-0.4, -0.2) is 35.9 Å². The molecule has 0 saturated carbocycles. The second-order valence-corrected chi connectivity index (χ2v) is 9.99. The van der Waals surface area contributed by atoms with E-state index in [2.05, 4.69) is 28.2 Å². The first-order chi connectivity index (χ1) is 17.4. The fourth-order valence-electron chi connectivity index (χ4n) is 3.78. The van der Waals surface area contributed by atoms with E-state index in [-0.39, 0.29) is 25.0 Å². The minimum Gasteiger partial charge on any atom is -0.484 e. The number of nitrogens with zero attached hydrogens (tertiary/aromatic N) is 1. The maximum Gasteiger partial charge on any atom is 0.261 e. The molecule has 5 nitrogen and oxygen atoms in total. The van der Waals surface area contributed by atoms with Crippen LogP contribution < -0.4 is 10.1 Å². The summed E-state index contributed by atoms with van der Waals surface area (Å²) in [5.74, 6) is 0.161. The first-order valence-corrected chi connectivity index (χ1v) is 13.3. The van der Waals surface area contributed by atoms with E-state index in [1.54, 1.807) is 17.0 Å². The Morgan fingerprint density at radius 3 is 2.42 bits per heavy atom. The summed E-state index contributed by atoms with van der Waals surface area (Å²) in [5.41, 5.74) is 2.87. The van der Waals surface area contributed by atoms with Gasteiger partial charge in [-0.3, -0.25) is 9.59 Å². The van der Waals surface area contributed by atoms with E-state index in [0.717, 1.165) is 34.0 Å². The summed E-state index contributed by atoms with van der Waals surface area (Å²) in [6.45, 7) is 4.69. The van der Waals surface area contributed by atoms with Gasteiger partial charge in [0.15, 0.2) is 6.61 Å². The van der Waals surface area contributed by atoms with Crippen LogP contribution in [0.15, 0.2) is 77.3 Å². The smallest absolute Gasteiger partial charge is 0.261 e. The number of unbranched alkanes of at least 4 members (excludes halogenated alkanes) is 1. The molecule has 0 heterocycles. The van der Waals surface area contributed by atoms with Gasteiger partial charge in [0.1, 0.15) is 11.8 Å². The van der Waals surface area contributed by atoms with Crippen LogP contribution in [0.25, 0.3) is 0 Å². The number of aryl methyl sites for hydroxylation is 1. The molecule has 0 spiro atoms. The molecule has 190 valence electrons. The predicted molar refractivity (Wildman–Crippen MR) is 148 cm³/mol. The molecular formula is C29H32BrClN2O3. The van der Waals surface area contributed by atoms with Crippen LogP contribution in [0.4, 0.5) is 0 Å². The Labute approximate surface area is 226 Å². The van der Waals surface area contributed by atoms with Gasteiger partial charge < -0.3 is 15.0 Å². The average Bonchev–Trinajstić information content (AvgIpc) is 2.88. The number of halogens is 2. The Bertz CT molecular complexity index is 1140. The molecule has 0 aliphatic rings. The van der Waals surface area contributed by atoms with Crippen LogP contribution in [0.5, 0.6) is 5.75 Å². The van der Waals surface area contributed by atoms with Crippen molar-refractivity contribution in [1.82, 2.24) is 10.2 Å². The first-order valence-electron chi connectivity index (χ1n) is 12.1. The highest BCUT2D eigenvalue weighted by Gasteiger charge is 2.30. The Morgan fingerprint density at radius 2 is 1.75 bits per heavy atom. The zero-order valence-corrected chi connectivity index (χ0v) is 23.0. The molecule has 0 fully saturated rings. The van der Waals surface area contributed by atoms with Gasteiger partial charge in [-0.1, -0.05) is 83.3 Å². The third kappa shape index (κ3) is 8.38. The van der Waals surface area contributed by atoms with Crippen LogP contribution in [0.1, 0.15) is 36.5 Å². The quantitative estimate of drug-likeness (QED) is 0.258. The highest BCUT2D eigenvalue weighted by molar-refractivity contribution is 9.10. The van der Waals surface area contributed by atoms with Gasteiger partial charge in [0, 0.05) is 29.0 Å². The Kier molecular flexibility index (Phi) is 10.8. The predicted octanol–water partition coefficient (Wildman–Crippen LogP) is 6.35. The summed E-state index contributed by atoms with van der Waals surface area (Å²) < 4.78 is 6.82. The SMILES string of the molecule is CCCCNC(=O)[C@H](Cc1ccccc1)N(Cc1ccc(Cl)cc1)C(=O)COc1ccc(Br)c(C)c1. The van der Waals surface area contributed by atoms with Crippen molar-refractivity contribution in [3.05, 3.63) is 99.0 Å². The zero-order chi connectivity index (χ0) is 25.9. The number of carbonyl (C=O) groups is 2. The standard InChI is InChI=1S/C29H32BrClN2O3/c1-3-4-16-32-29(35)27(18-22-8-6-5-7-9-22)33(19-23-10-12-24(31)13-11-23)28(34)20-36-25-14-15-26(30)21(2)17-25/h5-15,17,27H,3-4,16,18-20H2,1-2H3,(H,32,35)/t27-/m0/s1. The summed E-state index contributed by atoms with van der Waals surface area (Å²) in [6.07, 6.45) is 2.24. The molecule has 3 aromatic carbocycles. The highest BCUT2D eigenvalue weighted by Crippen LogP contribution is 2.22. The van der Waals surface area contributed by atoms with Gasteiger partial charge >= 0.3 is 0 Å². The monoisotopic (exact) mass is 570 g/mol. The van der Waals surface area contributed by atoms with Gasteiger partial charge in [0.25, 0.3) is 5.91 Å². The molecular weight excluding hydrogens is 540 g/mol. The van der Waals surface area contributed by atoms with Crippen LogP contribution in [-0.2, 0) is 22.6 Å². The number of nitrogens with one attached hydrogen (secondary N) is 1. The molecule has 2 amide bonds. The van der Waals surface area contributed by atoms with Crippen molar-refractivity contribution in [2.45, 2.75) is 45.7 Å². The lowest BCUT2D eigenvalue weighted by Crippen LogP contribution is -2.51. The van der Waals surface area contributed by atoms with E-state index in [1.807, 2.05) is 67.6 Å². The van der Waals surface area contributed by atoms with Crippen molar-refractivity contribution in [2.75, 3.05) is 13.2 Å². The van der Waals surface area contributed by atoms with E-state index >= 15 is 0 Å². The number of rotatable bonds is 12. The molecule has 0 unspecified atom stereocenters. The molecule has 0 saturated heterocycles. The molecule has 0 aromatic heterocycles. The minimum absolute atomic E-state index is 0.172. The molecule has 3 rings (SSSR count). The fraction of sp³-hybridized carbons (Fsp3) is 0.310. The molecule has 1 N–H and O–H groups in total. The van der Waals surface area contributed by atoms with Crippen molar-refractivity contribution < 1.29 is 14.3 Å². The molecule has 1 atom stereocenters. The molecule has 0 radical (unpaired) electrons. The fourth-order valence-corrected chi connectivity index (χ4v) is 4.15. The lowest BCUT2D eigenvalue weighted by atomic mass is 10.0. The van der Waals surface area contributed by atoms with Gasteiger partial charge in [0.2, 0.25) is 5.91 Å².